The van der Waals surface area contributed by atoms with Gasteiger partial charge in [-0.15, -0.1) is 0 Å². The second kappa shape index (κ2) is 10.1. The molecule has 7 heteroatoms. The molecule has 0 saturated carbocycles. The molecular weight excluding hydrogens is 496 g/mol. The van der Waals surface area contributed by atoms with Gasteiger partial charge in [0.15, 0.2) is 5.78 Å². The van der Waals surface area contributed by atoms with E-state index in [1.54, 1.807) is 41.1 Å². The van der Waals surface area contributed by atoms with E-state index < -0.39 is 0 Å². The summed E-state index contributed by atoms with van der Waals surface area (Å²) in [5, 5.41) is 2.83. The summed E-state index contributed by atoms with van der Waals surface area (Å²) in [6.07, 6.45) is 1.65. The fourth-order valence-corrected chi connectivity index (χ4v) is 5.17. The number of rotatable bonds is 6. The van der Waals surface area contributed by atoms with Crippen LogP contribution in [-0.2, 0) is 0 Å². The van der Waals surface area contributed by atoms with E-state index in [0.717, 1.165) is 48.2 Å². The van der Waals surface area contributed by atoms with Gasteiger partial charge in [0, 0.05) is 47.9 Å². The Kier molecular flexibility index (Phi) is 6.54. The highest BCUT2D eigenvalue weighted by Crippen LogP contribution is 2.28. The smallest absolute Gasteiger partial charge is 0.209 e. The first-order valence-corrected chi connectivity index (χ1v) is 13.1. The van der Waals surface area contributed by atoms with Crippen molar-refractivity contribution in [3.05, 3.63) is 107 Å². The molecule has 1 aliphatic rings. The van der Waals surface area contributed by atoms with Crippen LogP contribution in [0.4, 0.5) is 0 Å². The zero-order valence-corrected chi connectivity index (χ0v) is 21.9. The summed E-state index contributed by atoms with van der Waals surface area (Å²) >= 11 is 6.04. The van der Waals surface area contributed by atoms with Crippen LogP contribution in [-0.4, -0.2) is 70.5 Å². The maximum Gasteiger partial charge on any atom is 0.209 e. The van der Waals surface area contributed by atoms with Crippen molar-refractivity contribution < 1.29 is 9.59 Å². The molecule has 3 aromatic carbocycles. The Morgan fingerprint density at radius 2 is 1.61 bits per heavy atom. The van der Waals surface area contributed by atoms with Gasteiger partial charge >= 0.3 is 0 Å². The van der Waals surface area contributed by atoms with Gasteiger partial charge in [-0.3, -0.25) is 18.9 Å². The van der Waals surface area contributed by atoms with Crippen LogP contribution >= 0.6 is 11.6 Å². The van der Waals surface area contributed by atoms with Gasteiger partial charge in [0.25, 0.3) is 0 Å². The second-order valence-corrected chi connectivity index (χ2v) is 10.3. The molecule has 1 fully saturated rings. The van der Waals surface area contributed by atoms with E-state index in [1.807, 2.05) is 24.3 Å². The van der Waals surface area contributed by atoms with Crippen molar-refractivity contribution >= 4 is 39.5 Å². The number of fused-ring (bicyclic) bond motifs is 2. The Morgan fingerprint density at radius 3 is 2.37 bits per heavy atom. The van der Waals surface area contributed by atoms with E-state index in [9.17, 15) is 9.59 Å². The minimum atomic E-state index is -0.185. The fraction of sp³-hybridized carbons (Fsp3) is 0.194. The van der Waals surface area contributed by atoms with Crippen molar-refractivity contribution in [2.24, 2.45) is 0 Å². The summed E-state index contributed by atoms with van der Waals surface area (Å²) in [4.78, 5) is 36.3. The highest BCUT2D eigenvalue weighted by Gasteiger charge is 2.24. The van der Waals surface area contributed by atoms with E-state index >= 15 is 0 Å². The van der Waals surface area contributed by atoms with Gasteiger partial charge in [0.05, 0.1) is 23.4 Å². The number of hydrogen-bond donors (Lipinski definition) is 0. The van der Waals surface area contributed by atoms with Crippen molar-refractivity contribution in [3.63, 3.8) is 0 Å². The van der Waals surface area contributed by atoms with Gasteiger partial charge in [0.2, 0.25) is 5.78 Å². The number of benzene rings is 3. The zero-order valence-electron chi connectivity index (χ0n) is 21.1. The molecule has 0 spiro atoms. The number of nitrogens with zero attached hydrogens (tertiary/aromatic N) is 4. The van der Waals surface area contributed by atoms with Crippen LogP contribution in [0, 0.1) is 0 Å². The van der Waals surface area contributed by atoms with Gasteiger partial charge in [0.1, 0.15) is 6.33 Å². The Hall–Kier alpha value is -3.84. The van der Waals surface area contributed by atoms with Crippen molar-refractivity contribution in [3.8, 4) is 11.3 Å². The molecule has 0 atom stereocenters. The third-order valence-electron chi connectivity index (χ3n) is 7.31. The first-order valence-electron chi connectivity index (χ1n) is 12.7. The van der Waals surface area contributed by atoms with Crippen LogP contribution in [0.5, 0.6) is 0 Å². The minimum Gasteiger partial charge on any atom is -0.304 e. The van der Waals surface area contributed by atoms with E-state index in [4.69, 9.17) is 16.6 Å². The van der Waals surface area contributed by atoms with E-state index in [2.05, 4.69) is 41.1 Å². The predicted octanol–water partition coefficient (Wildman–Crippen LogP) is 5.47. The summed E-state index contributed by atoms with van der Waals surface area (Å²) < 4.78 is 1.73. The van der Waals surface area contributed by atoms with Crippen molar-refractivity contribution in [1.29, 1.82) is 0 Å². The predicted molar refractivity (Wildman–Crippen MR) is 151 cm³/mol. The minimum absolute atomic E-state index is 0.00197. The largest absolute Gasteiger partial charge is 0.304 e. The summed E-state index contributed by atoms with van der Waals surface area (Å²) in [6, 6.07) is 24.8. The zero-order chi connectivity index (χ0) is 26.2. The number of aromatic nitrogens is 2. The fourth-order valence-electron chi connectivity index (χ4n) is 5.05. The number of likely N-dealkylation sites (N-methyl/N-ethyl adjacent to an activating group) is 1. The average Bonchev–Trinajstić information content (AvgIpc) is 3.33. The Bertz CT molecular complexity index is 1670. The SMILES string of the molecule is CN1CCN(CC(=O)c2cc(C(=O)c3ccc(Cl)cc3)n3cnc(-c4ccc5ccccc5c4)cc23)CC1. The van der Waals surface area contributed by atoms with E-state index in [0.29, 0.717) is 33.9 Å². The highest BCUT2D eigenvalue weighted by atomic mass is 35.5. The third kappa shape index (κ3) is 4.74. The molecule has 0 amide bonds. The average molecular weight is 523 g/mol. The maximum absolute atomic E-state index is 13.6. The molecule has 0 radical (unpaired) electrons. The molecule has 1 aliphatic heterocycles. The van der Waals surface area contributed by atoms with Crippen LogP contribution in [0.15, 0.2) is 85.2 Å². The Labute approximate surface area is 226 Å². The maximum atomic E-state index is 13.6. The quantitative estimate of drug-likeness (QED) is 0.277. The number of halogens is 1. The van der Waals surface area contributed by atoms with Crippen LogP contribution in [0.1, 0.15) is 26.4 Å². The number of Topliss-reactive ketones (excluding diaryl/α,β-unsaturated/α-hetero) is 1. The molecular formula is C31H27ClN4O2. The number of hydrogen-bond acceptors (Lipinski definition) is 5. The molecule has 0 aliphatic carbocycles. The summed E-state index contributed by atoms with van der Waals surface area (Å²) in [5.41, 5.74) is 3.83. The number of piperazine rings is 1. The number of ketones is 2. The van der Waals surface area contributed by atoms with E-state index in [-0.39, 0.29) is 11.6 Å². The number of carbonyl (C=O) groups excluding carboxylic acids is 2. The van der Waals surface area contributed by atoms with Crippen molar-refractivity contribution in [1.82, 2.24) is 19.2 Å². The molecule has 190 valence electrons. The summed E-state index contributed by atoms with van der Waals surface area (Å²) in [6.45, 7) is 3.86. The topological polar surface area (TPSA) is 57.9 Å². The van der Waals surface area contributed by atoms with Crippen LogP contribution in [0.2, 0.25) is 5.02 Å². The first kappa shape index (κ1) is 24.5. The molecule has 0 unspecified atom stereocenters. The van der Waals surface area contributed by atoms with Crippen LogP contribution in [0.25, 0.3) is 27.5 Å². The van der Waals surface area contributed by atoms with Gasteiger partial charge < -0.3 is 4.90 Å². The Balaban J connectivity index is 1.43. The molecule has 5 aromatic rings. The molecule has 6 nitrogen and oxygen atoms in total. The lowest BCUT2D eigenvalue weighted by molar-refractivity contribution is 0.0878. The van der Waals surface area contributed by atoms with Gasteiger partial charge in [-0.05, 0) is 60.3 Å². The standard InChI is InChI=1S/C31H27ClN4O2/c1-34-12-14-35(15-13-34)19-30(37)26-17-29(31(38)22-8-10-25(32)11-9-22)36-20-33-27(18-28(26)36)24-7-6-21-4-2-3-5-23(21)16-24/h2-11,16-18,20H,12-15,19H2,1H3. The highest BCUT2D eigenvalue weighted by molar-refractivity contribution is 6.30. The Morgan fingerprint density at radius 1 is 0.868 bits per heavy atom. The van der Waals surface area contributed by atoms with Crippen LogP contribution < -0.4 is 0 Å². The number of carbonyl (C=O) groups is 2. The first-order chi connectivity index (χ1) is 18.5. The van der Waals surface area contributed by atoms with Crippen LogP contribution in [0.3, 0.4) is 0 Å². The monoisotopic (exact) mass is 522 g/mol. The normalized spacial score (nSPS) is 14.8. The van der Waals surface area contributed by atoms with E-state index in [1.165, 1.54) is 0 Å². The van der Waals surface area contributed by atoms with Crippen molar-refractivity contribution in [2.75, 3.05) is 39.8 Å². The lowest BCUT2D eigenvalue weighted by atomic mass is 10.0. The molecule has 0 bridgehead atoms. The van der Waals surface area contributed by atoms with Gasteiger partial charge in [-0.2, -0.15) is 0 Å². The second-order valence-electron chi connectivity index (χ2n) is 9.87. The molecule has 0 N–H and O–H groups in total. The molecule has 2 aromatic heterocycles. The summed E-state index contributed by atoms with van der Waals surface area (Å²) in [7, 11) is 2.09. The molecule has 38 heavy (non-hydrogen) atoms. The molecule has 1 saturated heterocycles. The lowest BCUT2D eigenvalue weighted by Crippen LogP contribution is -2.46. The third-order valence-corrected chi connectivity index (χ3v) is 7.56. The summed E-state index contributed by atoms with van der Waals surface area (Å²) in [5.74, 6) is -0.187. The lowest BCUT2D eigenvalue weighted by Gasteiger charge is -2.31. The van der Waals surface area contributed by atoms with Crippen molar-refractivity contribution in [2.45, 2.75) is 0 Å². The van der Waals surface area contributed by atoms with Gasteiger partial charge in [-0.25, -0.2) is 4.98 Å². The van der Waals surface area contributed by atoms with Gasteiger partial charge in [-0.1, -0.05) is 48.0 Å². The molecule has 3 heterocycles. The molecule has 6 rings (SSSR count).